The standard InChI is InChI=1S/C20H25N5O7S2/c1-9-6-33-16-12(23-14(26)11(24-30-5)10-7-34-19(21)22-10)15(27)25(16)13(9)17(28)31-8-32-18(29)20(2,3)4/h6-7,12-13,16H,8H2,1-5H3,(H2,21,22)(H,23,26)/b24-11-/t12-,13?,16-/m1/s1. The Balaban J connectivity index is 1.66. The van der Waals surface area contributed by atoms with E-state index in [4.69, 9.17) is 20.0 Å². The van der Waals surface area contributed by atoms with Crippen molar-refractivity contribution in [1.82, 2.24) is 15.2 Å². The molecule has 34 heavy (non-hydrogen) atoms. The van der Waals surface area contributed by atoms with Gasteiger partial charge in [0.1, 0.15) is 24.2 Å². The minimum absolute atomic E-state index is 0.133. The van der Waals surface area contributed by atoms with E-state index in [2.05, 4.69) is 15.5 Å². The van der Waals surface area contributed by atoms with E-state index in [1.165, 1.54) is 23.8 Å². The number of thioether (sulfide) groups is 1. The number of nitrogens with one attached hydrogen (secondary N) is 1. The molecule has 1 saturated heterocycles. The smallest absolute Gasteiger partial charge is 0.336 e. The average Bonchev–Trinajstić information content (AvgIpc) is 3.20. The number of β-lactam (4-membered cyclic amide) rings is 1. The summed E-state index contributed by atoms with van der Waals surface area (Å²) in [6.45, 7) is 6.14. The van der Waals surface area contributed by atoms with Crippen LogP contribution in [0.15, 0.2) is 21.5 Å². The normalized spacial score (nSPS) is 22.2. The number of thiazole rings is 1. The molecule has 2 aliphatic heterocycles. The van der Waals surface area contributed by atoms with Crippen molar-refractivity contribution in [2.75, 3.05) is 19.6 Å². The predicted molar refractivity (Wildman–Crippen MR) is 124 cm³/mol. The number of fused-ring (bicyclic) bond motifs is 1. The van der Waals surface area contributed by atoms with Gasteiger partial charge in [-0.15, -0.1) is 23.1 Å². The summed E-state index contributed by atoms with van der Waals surface area (Å²) in [4.78, 5) is 60.3. The topological polar surface area (TPSA) is 163 Å². The van der Waals surface area contributed by atoms with Gasteiger partial charge in [-0.05, 0) is 38.7 Å². The molecule has 0 aliphatic carbocycles. The maximum Gasteiger partial charge on any atom is 0.336 e. The van der Waals surface area contributed by atoms with Gasteiger partial charge in [0.25, 0.3) is 5.91 Å². The molecular weight excluding hydrogens is 486 g/mol. The van der Waals surface area contributed by atoms with Gasteiger partial charge in [0.15, 0.2) is 16.9 Å². The van der Waals surface area contributed by atoms with Crippen LogP contribution in [0.4, 0.5) is 5.13 Å². The third-order valence-corrected chi connectivity index (χ3v) is 6.82. The van der Waals surface area contributed by atoms with Gasteiger partial charge in [-0.25, -0.2) is 9.78 Å². The number of amides is 2. The van der Waals surface area contributed by atoms with Gasteiger partial charge < -0.3 is 30.3 Å². The molecule has 12 nitrogen and oxygen atoms in total. The molecule has 2 amide bonds. The quantitative estimate of drug-likeness (QED) is 0.176. The van der Waals surface area contributed by atoms with Gasteiger partial charge in [-0.3, -0.25) is 14.4 Å². The minimum Gasteiger partial charge on any atom is -0.427 e. The first-order chi connectivity index (χ1) is 16.0. The summed E-state index contributed by atoms with van der Waals surface area (Å²) in [7, 11) is 1.28. The van der Waals surface area contributed by atoms with Crippen LogP contribution in [0.3, 0.4) is 0 Å². The number of rotatable bonds is 7. The van der Waals surface area contributed by atoms with Crippen LogP contribution >= 0.6 is 23.1 Å². The molecule has 3 heterocycles. The Bertz CT molecular complexity index is 1060. The SMILES string of the molecule is CO/N=C(\C(=O)N[C@@H]1C(=O)N2C(C(=O)OCOC(=O)C(C)(C)C)C(C)=CS[C@H]12)c1csc(N)n1. The number of ether oxygens (including phenoxy) is 2. The number of anilines is 1. The molecule has 2 aliphatic rings. The number of aromatic nitrogens is 1. The number of esters is 2. The zero-order valence-corrected chi connectivity index (χ0v) is 20.8. The zero-order chi connectivity index (χ0) is 25.2. The van der Waals surface area contributed by atoms with Crippen LogP contribution < -0.4 is 11.1 Å². The van der Waals surface area contributed by atoms with E-state index < -0.39 is 53.4 Å². The fourth-order valence-corrected chi connectivity index (χ4v) is 4.87. The molecule has 3 atom stereocenters. The second-order valence-corrected chi connectivity index (χ2v) is 10.3. The first kappa shape index (κ1) is 25.5. The Morgan fingerprint density at radius 3 is 2.59 bits per heavy atom. The molecule has 1 aromatic rings. The first-order valence-electron chi connectivity index (χ1n) is 10.1. The monoisotopic (exact) mass is 511 g/mol. The van der Waals surface area contributed by atoms with Crippen molar-refractivity contribution in [3.05, 3.63) is 22.1 Å². The molecule has 0 bridgehead atoms. The highest BCUT2D eigenvalue weighted by molar-refractivity contribution is 8.02. The lowest BCUT2D eigenvalue weighted by atomic mass is 9.98. The summed E-state index contributed by atoms with van der Waals surface area (Å²) in [5, 5.41) is 9.29. The maximum absolute atomic E-state index is 12.9. The van der Waals surface area contributed by atoms with Crippen LogP contribution in [0.5, 0.6) is 0 Å². The lowest BCUT2D eigenvalue weighted by molar-refractivity contribution is -0.179. The molecule has 0 saturated carbocycles. The van der Waals surface area contributed by atoms with E-state index in [0.717, 1.165) is 11.3 Å². The average molecular weight is 512 g/mol. The Morgan fingerprint density at radius 2 is 2.00 bits per heavy atom. The van der Waals surface area contributed by atoms with Crippen molar-refractivity contribution < 1.29 is 33.5 Å². The fourth-order valence-electron chi connectivity index (χ4n) is 3.14. The Hall–Kier alpha value is -3.13. The zero-order valence-electron chi connectivity index (χ0n) is 19.2. The van der Waals surface area contributed by atoms with Crippen LogP contribution in [-0.2, 0) is 33.5 Å². The number of hydrogen-bond acceptors (Lipinski definition) is 12. The first-order valence-corrected chi connectivity index (χ1v) is 11.9. The lowest BCUT2D eigenvalue weighted by Crippen LogP contribution is -2.74. The van der Waals surface area contributed by atoms with E-state index in [1.54, 1.807) is 38.5 Å². The number of carbonyl (C=O) groups is 4. The summed E-state index contributed by atoms with van der Waals surface area (Å²) >= 11 is 2.41. The molecule has 3 rings (SSSR count). The summed E-state index contributed by atoms with van der Waals surface area (Å²) in [5.74, 6) is -2.41. The number of nitrogens with zero attached hydrogens (tertiary/aromatic N) is 3. The Morgan fingerprint density at radius 1 is 1.29 bits per heavy atom. The van der Waals surface area contributed by atoms with Crippen molar-refractivity contribution in [3.63, 3.8) is 0 Å². The molecule has 1 unspecified atom stereocenters. The third kappa shape index (κ3) is 5.17. The van der Waals surface area contributed by atoms with Crippen LogP contribution in [0.1, 0.15) is 33.4 Å². The second-order valence-electron chi connectivity index (χ2n) is 8.44. The number of nitrogens with two attached hydrogens (primary N) is 1. The highest BCUT2D eigenvalue weighted by atomic mass is 32.2. The van der Waals surface area contributed by atoms with Crippen LogP contribution in [0, 0.1) is 5.41 Å². The fraction of sp³-hybridized carbons (Fsp3) is 0.500. The number of nitrogen functional groups attached to an aromatic ring is 1. The molecular formula is C20H25N5O7S2. The molecule has 1 aromatic heterocycles. The van der Waals surface area contributed by atoms with Gasteiger partial charge in [0, 0.05) is 5.38 Å². The van der Waals surface area contributed by atoms with Gasteiger partial charge in [0.2, 0.25) is 12.7 Å². The Labute approximate surface area is 203 Å². The molecule has 0 aromatic carbocycles. The third-order valence-electron chi connectivity index (χ3n) is 4.86. The largest absolute Gasteiger partial charge is 0.427 e. The van der Waals surface area contributed by atoms with Crippen molar-refractivity contribution in [2.45, 2.75) is 45.2 Å². The van der Waals surface area contributed by atoms with E-state index in [-0.39, 0.29) is 16.5 Å². The van der Waals surface area contributed by atoms with E-state index >= 15 is 0 Å². The maximum atomic E-state index is 12.9. The van der Waals surface area contributed by atoms with Gasteiger partial charge in [0.05, 0.1) is 5.41 Å². The predicted octanol–water partition coefficient (Wildman–Crippen LogP) is 0.838. The van der Waals surface area contributed by atoms with E-state index in [9.17, 15) is 19.2 Å². The van der Waals surface area contributed by atoms with Crippen molar-refractivity contribution in [1.29, 1.82) is 0 Å². The number of carbonyl (C=O) groups excluding carboxylic acids is 4. The molecule has 3 N–H and O–H groups in total. The van der Waals surface area contributed by atoms with Crippen molar-refractivity contribution in [3.8, 4) is 0 Å². The van der Waals surface area contributed by atoms with Crippen molar-refractivity contribution in [2.24, 2.45) is 10.6 Å². The van der Waals surface area contributed by atoms with Crippen LogP contribution in [-0.4, -0.2) is 70.7 Å². The summed E-state index contributed by atoms with van der Waals surface area (Å²) < 4.78 is 10.1. The van der Waals surface area contributed by atoms with Crippen LogP contribution in [0.2, 0.25) is 0 Å². The number of hydrogen-bond donors (Lipinski definition) is 2. The number of oxime groups is 1. The molecule has 0 spiro atoms. The Kier molecular flexibility index (Phi) is 7.51. The molecule has 184 valence electrons. The van der Waals surface area contributed by atoms with Crippen LogP contribution in [0.25, 0.3) is 0 Å². The highest BCUT2D eigenvalue weighted by Gasteiger charge is 2.55. The van der Waals surface area contributed by atoms with Gasteiger partial charge in [-0.2, -0.15) is 0 Å². The van der Waals surface area contributed by atoms with Crippen molar-refractivity contribution >= 4 is 57.7 Å². The minimum atomic E-state index is -0.995. The van der Waals surface area contributed by atoms with E-state index in [0.29, 0.717) is 5.57 Å². The summed E-state index contributed by atoms with van der Waals surface area (Å²) in [6, 6.07) is -1.90. The summed E-state index contributed by atoms with van der Waals surface area (Å²) in [5.41, 5.74) is 5.55. The van der Waals surface area contributed by atoms with E-state index in [1.807, 2.05) is 0 Å². The highest BCUT2D eigenvalue weighted by Crippen LogP contribution is 2.40. The van der Waals surface area contributed by atoms with Gasteiger partial charge >= 0.3 is 11.9 Å². The lowest BCUT2D eigenvalue weighted by Gasteiger charge is -2.51. The molecule has 14 heteroatoms. The molecule has 0 radical (unpaired) electrons. The van der Waals surface area contributed by atoms with Gasteiger partial charge in [-0.1, -0.05) is 5.16 Å². The summed E-state index contributed by atoms with van der Waals surface area (Å²) in [6.07, 6.45) is 0. The molecule has 1 fully saturated rings. The second kappa shape index (κ2) is 10.0.